The van der Waals surface area contributed by atoms with Crippen molar-refractivity contribution in [1.82, 2.24) is 0 Å². The van der Waals surface area contributed by atoms with E-state index in [0.29, 0.717) is 12.0 Å². The monoisotopic (exact) mass is 224 g/mol. The van der Waals surface area contributed by atoms with Gasteiger partial charge in [0.1, 0.15) is 6.29 Å². The second-order valence-corrected chi connectivity index (χ2v) is 3.26. The van der Waals surface area contributed by atoms with Crippen molar-refractivity contribution in [2.75, 3.05) is 0 Å². The molecule has 78 valence electrons. The highest BCUT2D eigenvalue weighted by Crippen LogP contribution is 2.18. The second kappa shape index (κ2) is 5.32. The number of carboxylic acids is 1. The van der Waals surface area contributed by atoms with E-state index in [-0.39, 0.29) is 10.6 Å². The van der Waals surface area contributed by atoms with E-state index in [1.807, 2.05) is 0 Å². The molecule has 15 heavy (non-hydrogen) atoms. The zero-order valence-corrected chi connectivity index (χ0v) is 8.57. The molecule has 0 aliphatic carbocycles. The summed E-state index contributed by atoms with van der Waals surface area (Å²) in [6.07, 6.45) is 4.41. The Morgan fingerprint density at radius 1 is 1.47 bits per heavy atom. The van der Waals surface area contributed by atoms with Crippen molar-refractivity contribution in [2.45, 2.75) is 6.42 Å². The van der Waals surface area contributed by atoms with Gasteiger partial charge >= 0.3 is 5.97 Å². The fraction of sp³-hybridized carbons (Fsp3) is 0.0909. The van der Waals surface area contributed by atoms with Gasteiger partial charge in [-0.3, -0.25) is 0 Å². The summed E-state index contributed by atoms with van der Waals surface area (Å²) >= 11 is 5.69. The van der Waals surface area contributed by atoms with E-state index in [4.69, 9.17) is 16.7 Å². The van der Waals surface area contributed by atoms with Gasteiger partial charge in [0, 0.05) is 6.42 Å². The molecule has 1 rings (SSSR count). The van der Waals surface area contributed by atoms with Crippen LogP contribution in [-0.2, 0) is 4.79 Å². The summed E-state index contributed by atoms with van der Waals surface area (Å²) in [6.45, 7) is 0. The SMILES string of the molecule is O=CCC=Cc1ccc(Cl)c(C(=O)O)c1. The van der Waals surface area contributed by atoms with E-state index in [0.717, 1.165) is 6.29 Å². The summed E-state index contributed by atoms with van der Waals surface area (Å²) in [4.78, 5) is 20.8. The summed E-state index contributed by atoms with van der Waals surface area (Å²) in [5.41, 5.74) is 0.767. The van der Waals surface area contributed by atoms with Crippen molar-refractivity contribution in [1.29, 1.82) is 0 Å². The first-order valence-corrected chi connectivity index (χ1v) is 4.66. The van der Waals surface area contributed by atoms with Gasteiger partial charge in [-0.2, -0.15) is 0 Å². The number of carbonyl (C=O) groups excluding carboxylic acids is 1. The van der Waals surface area contributed by atoms with E-state index in [1.165, 1.54) is 12.1 Å². The lowest BCUT2D eigenvalue weighted by Gasteiger charge is -1.99. The number of hydrogen-bond donors (Lipinski definition) is 1. The molecule has 1 N–H and O–H groups in total. The summed E-state index contributed by atoms with van der Waals surface area (Å²) in [6, 6.07) is 4.67. The molecule has 4 heteroatoms. The highest BCUT2D eigenvalue weighted by Gasteiger charge is 2.07. The third-order valence-corrected chi connectivity index (χ3v) is 2.09. The molecule has 0 saturated heterocycles. The third-order valence-electron chi connectivity index (χ3n) is 1.76. The molecule has 0 unspecified atom stereocenters. The van der Waals surface area contributed by atoms with Crippen LogP contribution in [0.25, 0.3) is 6.08 Å². The molecule has 0 fully saturated rings. The Bertz CT molecular complexity index is 410. The fourth-order valence-electron chi connectivity index (χ4n) is 1.07. The van der Waals surface area contributed by atoms with Crippen molar-refractivity contribution < 1.29 is 14.7 Å². The maximum Gasteiger partial charge on any atom is 0.337 e. The van der Waals surface area contributed by atoms with Crippen molar-refractivity contribution in [3.63, 3.8) is 0 Å². The number of aldehydes is 1. The van der Waals surface area contributed by atoms with Gasteiger partial charge < -0.3 is 9.90 Å². The van der Waals surface area contributed by atoms with E-state index < -0.39 is 5.97 Å². The molecule has 0 aliphatic heterocycles. The van der Waals surface area contributed by atoms with Gasteiger partial charge in [0.2, 0.25) is 0 Å². The summed E-state index contributed by atoms with van der Waals surface area (Å²) in [5.74, 6) is -1.06. The van der Waals surface area contributed by atoms with Gasteiger partial charge in [-0.1, -0.05) is 29.8 Å². The van der Waals surface area contributed by atoms with Gasteiger partial charge in [0.25, 0.3) is 0 Å². The third kappa shape index (κ3) is 3.22. The smallest absolute Gasteiger partial charge is 0.337 e. The number of benzene rings is 1. The molecule has 0 aromatic heterocycles. The Kier molecular flexibility index (Phi) is 4.06. The Morgan fingerprint density at radius 3 is 2.80 bits per heavy atom. The molecule has 0 bridgehead atoms. The highest BCUT2D eigenvalue weighted by molar-refractivity contribution is 6.33. The molecule has 0 aliphatic rings. The van der Waals surface area contributed by atoms with Crippen LogP contribution >= 0.6 is 11.6 Å². The number of carboxylic acid groups (broad SMARTS) is 1. The van der Waals surface area contributed by atoms with Crippen LogP contribution in [-0.4, -0.2) is 17.4 Å². The second-order valence-electron chi connectivity index (χ2n) is 2.85. The van der Waals surface area contributed by atoms with Crippen molar-refractivity contribution in [3.8, 4) is 0 Å². The normalized spacial score (nSPS) is 10.5. The Morgan fingerprint density at radius 2 is 2.20 bits per heavy atom. The van der Waals surface area contributed by atoms with Gasteiger partial charge in [0.15, 0.2) is 0 Å². The maximum atomic E-state index is 10.7. The molecule has 0 radical (unpaired) electrons. The number of hydrogen-bond acceptors (Lipinski definition) is 2. The number of allylic oxidation sites excluding steroid dienone is 1. The summed E-state index contributed by atoms with van der Waals surface area (Å²) in [5, 5.41) is 9.00. The predicted octanol–water partition coefficient (Wildman–Crippen LogP) is 2.64. The van der Waals surface area contributed by atoms with Gasteiger partial charge in [-0.15, -0.1) is 0 Å². The molecule has 0 amide bonds. The standard InChI is InChI=1S/C11H9ClO3/c12-10-5-4-8(3-1-2-6-13)7-9(10)11(14)15/h1,3-7H,2H2,(H,14,15). The van der Waals surface area contributed by atoms with Gasteiger partial charge in [-0.05, 0) is 17.7 Å². The van der Waals surface area contributed by atoms with Crippen LogP contribution in [0.3, 0.4) is 0 Å². The summed E-state index contributed by atoms with van der Waals surface area (Å²) in [7, 11) is 0. The zero-order chi connectivity index (χ0) is 11.3. The molecule has 3 nitrogen and oxygen atoms in total. The number of halogens is 1. The lowest BCUT2D eigenvalue weighted by molar-refractivity contribution is -0.107. The quantitative estimate of drug-likeness (QED) is 0.800. The lowest BCUT2D eigenvalue weighted by Crippen LogP contribution is -1.97. The Balaban J connectivity index is 2.97. The first kappa shape index (κ1) is 11.5. The van der Waals surface area contributed by atoms with Crippen LogP contribution in [0, 0.1) is 0 Å². The molecule has 0 heterocycles. The van der Waals surface area contributed by atoms with Gasteiger partial charge in [-0.25, -0.2) is 4.79 Å². The molecule has 0 spiro atoms. The minimum Gasteiger partial charge on any atom is -0.478 e. The Labute approximate surface area is 92.0 Å². The number of carbonyl (C=O) groups is 2. The van der Waals surface area contributed by atoms with Crippen molar-refractivity contribution in [2.24, 2.45) is 0 Å². The van der Waals surface area contributed by atoms with E-state index in [9.17, 15) is 9.59 Å². The molecular formula is C11H9ClO3. The van der Waals surface area contributed by atoms with E-state index in [2.05, 4.69) is 0 Å². The minimum absolute atomic E-state index is 0.0601. The first-order chi connectivity index (χ1) is 7.15. The molecule has 0 saturated carbocycles. The van der Waals surface area contributed by atoms with Crippen LogP contribution in [0.15, 0.2) is 24.3 Å². The lowest BCUT2D eigenvalue weighted by atomic mass is 10.1. The van der Waals surface area contributed by atoms with Crippen LogP contribution < -0.4 is 0 Å². The fourth-order valence-corrected chi connectivity index (χ4v) is 1.27. The van der Waals surface area contributed by atoms with Crippen LogP contribution in [0.2, 0.25) is 5.02 Å². The van der Waals surface area contributed by atoms with E-state index in [1.54, 1.807) is 18.2 Å². The predicted molar refractivity (Wildman–Crippen MR) is 58.1 cm³/mol. The van der Waals surface area contributed by atoms with Gasteiger partial charge in [0.05, 0.1) is 10.6 Å². The van der Waals surface area contributed by atoms with Crippen molar-refractivity contribution >= 4 is 29.9 Å². The average molecular weight is 225 g/mol. The number of aromatic carboxylic acids is 1. The van der Waals surface area contributed by atoms with Crippen LogP contribution in [0.4, 0.5) is 0 Å². The molecular weight excluding hydrogens is 216 g/mol. The minimum atomic E-state index is -1.06. The molecule has 1 aromatic carbocycles. The molecule has 1 aromatic rings. The zero-order valence-electron chi connectivity index (χ0n) is 7.81. The summed E-state index contributed by atoms with van der Waals surface area (Å²) < 4.78 is 0. The topological polar surface area (TPSA) is 54.4 Å². The average Bonchev–Trinajstić information content (AvgIpc) is 2.20. The van der Waals surface area contributed by atoms with E-state index >= 15 is 0 Å². The highest BCUT2D eigenvalue weighted by atomic mass is 35.5. The largest absolute Gasteiger partial charge is 0.478 e. The maximum absolute atomic E-state index is 10.7. The van der Waals surface area contributed by atoms with Crippen LogP contribution in [0.5, 0.6) is 0 Å². The Hall–Kier alpha value is -1.61. The first-order valence-electron chi connectivity index (χ1n) is 4.28. The number of rotatable bonds is 4. The van der Waals surface area contributed by atoms with Crippen LogP contribution in [0.1, 0.15) is 22.3 Å². The molecule has 0 atom stereocenters. The van der Waals surface area contributed by atoms with Crippen molar-refractivity contribution in [3.05, 3.63) is 40.4 Å².